The maximum atomic E-state index is 13.4. The third-order valence-electron chi connectivity index (χ3n) is 6.84. The van der Waals surface area contributed by atoms with Crippen LogP contribution in [0.3, 0.4) is 0 Å². The summed E-state index contributed by atoms with van der Waals surface area (Å²) < 4.78 is 29.7. The van der Waals surface area contributed by atoms with E-state index in [1.165, 1.54) is 0 Å². The third kappa shape index (κ3) is 5.39. The van der Waals surface area contributed by atoms with Gasteiger partial charge in [-0.25, -0.2) is 13.1 Å². The van der Waals surface area contributed by atoms with Crippen LogP contribution in [0.2, 0.25) is 0 Å². The molecule has 1 aliphatic heterocycles. The predicted octanol–water partition coefficient (Wildman–Crippen LogP) is 4.33. The van der Waals surface area contributed by atoms with Crippen LogP contribution < -0.4 is 10.0 Å². The molecule has 1 atom stereocenters. The van der Waals surface area contributed by atoms with Gasteiger partial charge in [0.1, 0.15) is 0 Å². The van der Waals surface area contributed by atoms with Crippen molar-refractivity contribution in [2.24, 2.45) is 5.92 Å². The van der Waals surface area contributed by atoms with Gasteiger partial charge in [0, 0.05) is 48.1 Å². The Morgan fingerprint density at radius 1 is 0.943 bits per heavy atom. The van der Waals surface area contributed by atoms with E-state index in [1.54, 1.807) is 42.2 Å². The molecule has 1 aliphatic rings. The van der Waals surface area contributed by atoms with Crippen molar-refractivity contribution in [1.29, 1.82) is 0 Å². The van der Waals surface area contributed by atoms with Crippen LogP contribution in [0, 0.1) is 12.8 Å². The van der Waals surface area contributed by atoms with E-state index in [9.17, 15) is 18.0 Å². The lowest BCUT2D eigenvalue weighted by atomic mass is 9.91. The highest BCUT2D eigenvalue weighted by Crippen LogP contribution is 2.31. The Morgan fingerprint density at radius 2 is 1.57 bits per heavy atom. The summed E-state index contributed by atoms with van der Waals surface area (Å²) in [7, 11) is -3.81. The summed E-state index contributed by atoms with van der Waals surface area (Å²) in [5.74, 6) is -0.0374. The van der Waals surface area contributed by atoms with E-state index in [4.69, 9.17) is 0 Å². The fourth-order valence-corrected chi connectivity index (χ4v) is 6.27. The average molecular weight is 494 g/mol. The average Bonchev–Trinajstić information content (AvgIpc) is 2.84. The topological polar surface area (TPSA) is 95.6 Å². The van der Waals surface area contributed by atoms with Crippen LogP contribution in [-0.2, 0) is 14.8 Å². The van der Waals surface area contributed by atoms with Gasteiger partial charge in [0.05, 0.1) is 4.90 Å². The molecule has 0 aromatic heterocycles. The summed E-state index contributed by atoms with van der Waals surface area (Å²) in [6.45, 7) is 6.60. The number of amides is 2. The minimum absolute atomic E-state index is 0.0535. The zero-order chi connectivity index (χ0) is 25.2. The molecular formula is C27H31N3O4S. The van der Waals surface area contributed by atoms with E-state index in [2.05, 4.69) is 10.0 Å². The molecule has 35 heavy (non-hydrogen) atoms. The second kappa shape index (κ2) is 10.2. The minimum Gasteiger partial charge on any atom is -0.343 e. The van der Waals surface area contributed by atoms with Gasteiger partial charge in [0.2, 0.25) is 15.9 Å². The van der Waals surface area contributed by atoms with Crippen molar-refractivity contribution in [3.05, 3.63) is 71.8 Å². The SMILES string of the molecule is CC(=O)N1CCC(C(C)NS(=O)(=O)c2ccc(NC(=O)c3ccccc3C)c3ccccc23)CC1. The Hall–Kier alpha value is -3.23. The summed E-state index contributed by atoms with van der Waals surface area (Å²) >= 11 is 0. The first-order chi connectivity index (χ1) is 16.7. The largest absolute Gasteiger partial charge is 0.343 e. The number of carbonyl (C=O) groups is 2. The van der Waals surface area contributed by atoms with Gasteiger partial charge in [-0.15, -0.1) is 0 Å². The number of nitrogens with zero attached hydrogens (tertiary/aromatic N) is 1. The van der Waals surface area contributed by atoms with Crippen molar-refractivity contribution in [2.75, 3.05) is 18.4 Å². The van der Waals surface area contributed by atoms with E-state index in [1.807, 2.05) is 44.2 Å². The van der Waals surface area contributed by atoms with Crippen LogP contribution in [-0.4, -0.2) is 44.3 Å². The number of nitrogens with one attached hydrogen (secondary N) is 2. The molecule has 3 aromatic rings. The van der Waals surface area contributed by atoms with E-state index >= 15 is 0 Å². The van der Waals surface area contributed by atoms with Crippen LogP contribution in [0.4, 0.5) is 5.69 Å². The molecule has 1 unspecified atom stereocenters. The van der Waals surface area contributed by atoms with Gasteiger partial charge in [0.15, 0.2) is 0 Å². The number of hydrogen-bond donors (Lipinski definition) is 2. The Balaban J connectivity index is 1.57. The molecule has 3 aromatic carbocycles. The number of benzene rings is 3. The fraction of sp³-hybridized carbons (Fsp3) is 0.333. The number of carbonyl (C=O) groups excluding carboxylic acids is 2. The molecule has 7 nitrogen and oxygen atoms in total. The van der Waals surface area contributed by atoms with Crippen molar-refractivity contribution in [2.45, 2.75) is 44.6 Å². The maximum Gasteiger partial charge on any atom is 0.255 e. The first-order valence-electron chi connectivity index (χ1n) is 11.8. The first kappa shape index (κ1) is 24.9. The lowest BCUT2D eigenvalue weighted by Gasteiger charge is -2.34. The molecule has 2 amide bonds. The number of fused-ring (bicyclic) bond motifs is 1. The highest BCUT2D eigenvalue weighted by molar-refractivity contribution is 7.89. The monoisotopic (exact) mass is 493 g/mol. The van der Waals surface area contributed by atoms with Crippen molar-refractivity contribution < 1.29 is 18.0 Å². The lowest BCUT2D eigenvalue weighted by Crippen LogP contribution is -2.45. The molecule has 8 heteroatoms. The second-order valence-electron chi connectivity index (χ2n) is 9.18. The first-order valence-corrected chi connectivity index (χ1v) is 13.3. The molecule has 0 spiro atoms. The molecule has 1 heterocycles. The summed E-state index contributed by atoms with van der Waals surface area (Å²) in [6.07, 6.45) is 1.52. The normalized spacial score (nSPS) is 15.7. The summed E-state index contributed by atoms with van der Waals surface area (Å²) in [6, 6.07) is 17.4. The highest BCUT2D eigenvalue weighted by Gasteiger charge is 2.29. The van der Waals surface area contributed by atoms with Crippen molar-refractivity contribution >= 4 is 38.3 Å². The van der Waals surface area contributed by atoms with Crippen LogP contribution in [0.1, 0.15) is 42.6 Å². The lowest BCUT2D eigenvalue weighted by molar-refractivity contribution is -0.130. The number of hydrogen-bond acceptors (Lipinski definition) is 4. The zero-order valence-corrected chi connectivity index (χ0v) is 21.1. The fourth-order valence-electron chi connectivity index (χ4n) is 4.75. The van der Waals surface area contributed by atoms with Crippen LogP contribution in [0.25, 0.3) is 10.8 Å². The van der Waals surface area contributed by atoms with Crippen LogP contribution in [0.15, 0.2) is 65.6 Å². The number of anilines is 1. The summed E-state index contributed by atoms with van der Waals surface area (Å²) in [5, 5.41) is 4.14. The highest BCUT2D eigenvalue weighted by atomic mass is 32.2. The number of aryl methyl sites for hydroxylation is 1. The third-order valence-corrected chi connectivity index (χ3v) is 8.46. The van der Waals surface area contributed by atoms with Gasteiger partial charge < -0.3 is 10.2 Å². The molecule has 2 N–H and O–H groups in total. The van der Waals surface area contributed by atoms with Gasteiger partial charge in [-0.2, -0.15) is 0 Å². The molecular weight excluding hydrogens is 462 g/mol. The Kier molecular flexibility index (Phi) is 7.23. The summed E-state index contributed by atoms with van der Waals surface area (Å²) in [4.78, 5) is 26.5. The standard InChI is InChI=1S/C27H31N3O4S/c1-18-8-4-5-9-22(18)27(32)28-25-12-13-26(24-11-7-6-10-23(24)25)35(33,34)29-19(2)21-14-16-30(17-15-21)20(3)31/h4-13,19,21,29H,14-17H2,1-3H3,(H,28,32). The van der Waals surface area contributed by atoms with Gasteiger partial charge in [-0.1, -0.05) is 42.5 Å². The summed E-state index contributed by atoms with van der Waals surface area (Å²) in [5.41, 5.74) is 1.98. The molecule has 1 saturated heterocycles. The minimum atomic E-state index is -3.81. The Bertz CT molecular complexity index is 1360. The number of rotatable bonds is 6. The van der Waals surface area contributed by atoms with Crippen molar-refractivity contribution in [1.82, 2.24) is 9.62 Å². The molecule has 1 fully saturated rings. The van der Waals surface area contributed by atoms with Gasteiger partial charge >= 0.3 is 0 Å². The van der Waals surface area contributed by atoms with Gasteiger partial charge in [-0.05, 0) is 56.4 Å². The maximum absolute atomic E-state index is 13.4. The Morgan fingerprint density at radius 3 is 2.23 bits per heavy atom. The van der Waals surface area contributed by atoms with Crippen molar-refractivity contribution in [3.8, 4) is 0 Å². The molecule has 0 radical (unpaired) electrons. The Labute approximate surface area is 206 Å². The van der Waals surface area contributed by atoms with Gasteiger partial charge in [-0.3, -0.25) is 9.59 Å². The van der Waals surface area contributed by atoms with E-state index < -0.39 is 10.0 Å². The zero-order valence-electron chi connectivity index (χ0n) is 20.2. The molecule has 4 rings (SSSR count). The number of sulfonamides is 1. The number of likely N-dealkylation sites (tertiary alicyclic amines) is 1. The predicted molar refractivity (Wildman–Crippen MR) is 138 cm³/mol. The van der Waals surface area contributed by atoms with Gasteiger partial charge in [0.25, 0.3) is 5.91 Å². The molecule has 184 valence electrons. The number of piperidine rings is 1. The molecule has 0 bridgehead atoms. The molecule has 0 saturated carbocycles. The van der Waals surface area contributed by atoms with Crippen LogP contribution in [0.5, 0.6) is 0 Å². The van der Waals surface area contributed by atoms with E-state index in [0.717, 1.165) is 18.4 Å². The second-order valence-corrected chi connectivity index (χ2v) is 10.9. The van der Waals surface area contributed by atoms with Crippen molar-refractivity contribution in [3.63, 3.8) is 0 Å². The quantitative estimate of drug-likeness (QED) is 0.534. The van der Waals surface area contributed by atoms with E-state index in [0.29, 0.717) is 35.1 Å². The molecule has 0 aliphatic carbocycles. The smallest absolute Gasteiger partial charge is 0.255 e. The van der Waals surface area contributed by atoms with E-state index in [-0.39, 0.29) is 28.7 Å². The van der Waals surface area contributed by atoms with Crippen LogP contribution >= 0.6 is 0 Å².